The molecule has 63 heavy (non-hydrogen) atoms. The maximum atomic E-state index is 13.0. The fraction of sp³-hybridized carbons (Fsp3) is 0.898. The summed E-state index contributed by atoms with van der Waals surface area (Å²) < 4.78 is 34.2. The summed E-state index contributed by atoms with van der Waals surface area (Å²) in [4.78, 5) is 13.0. The van der Waals surface area contributed by atoms with Gasteiger partial charge in [-0.15, -0.1) is 0 Å². The van der Waals surface area contributed by atoms with Gasteiger partial charge in [-0.1, -0.05) is 141 Å². The van der Waals surface area contributed by atoms with E-state index in [2.05, 4.69) is 38.2 Å². The summed E-state index contributed by atoms with van der Waals surface area (Å²) in [6.07, 6.45) is 22.4. The smallest absolute Gasteiger partial charge is 0.306 e. The van der Waals surface area contributed by atoms with Gasteiger partial charge in [0.05, 0.1) is 26.4 Å². The third-order valence-electron chi connectivity index (χ3n) is 11.9. The van der Waals surface area contributed by atoms with Crippen LogP contribution in [-0.4, -0.2) is 142 Å². The number of rotatable bonds is 39. The summed E-state index contributed by atoms with van der Waals surface area (Å²) >= 11 is 0. The van der Waals surface area contributed by atoms with E-state index in [1.807, 2.05) is 0 Å². The highest BCUT2D eigenvalue weighted by Gasteiger charge is 2.47. The van der Waals surface area contributed by atoms with E-state index in [1.165, 1.54) is 96.3 Å². The predicted octanol–water partition coefficient (Wildman–Crippen LogP) is 6.85. The van der Waals surface area contributed by atoms with Gasteiger partial charge in [0.15, 0.2) is 12.6 Å². The predicted molar refractivity (Wildman–Crippen MR) is 243 cm³/mol. The Morgan fingerprint density at radius 2 is 0.952 bits per heavy atom. The quantitative estimate of drug-likeness (QED) is 0.0191. The van der Waals surface area contributed by atoms with Gasteiger partial charge in [-0.2, -0.15) is 0 Å². The van der Waals surface area contributed by atoms with Crippen molar-refractivity contribution in [2.24, 2.45) is 0 Å². The second kappa shape index (κ2) is 37.5. The van der Waals surface area contributed by atoms with Crippen LogP contribution in [-0.2, 0) is 33.2 Å². The molecule has 11 atom stereocenters. The molecule has 2 saturated heterocycles. The molecule has 0 bridgehead atoms. The lowest BCUT2D eigenvalue weighted by Gasteiger charge is -2.42. The zero-order valence-corrected chi connectivity index (χ0v) is 39.1. The number of ether oxygens (including phenoxy) is 6. The molecule has 0 amide bonds. The van der Waals surface area contributed by atoms with Crippen molar-refractivity contribution >= 4 is 5.97 Å². The molecule has 2 heterocycles. The maximum Gasteiger partial charge on any atom is 0.306 e. The summed E-state index contributed by atoms with van der Waals surface area (Å²) in [5.74, 6) is -0.383. The summed E-state index contributed by atoms with van der Waals surface area (Å²) in [5.41, 5.74) is 0. The molecule has 14 nitrogen and oxygen atoms in total. The summed E-state index contributed by atoms with van der Waals surface area (Å²) in [7, 11) is 0. The molecule has 7 N–H and O–H groups in total. The van der Waals surface area contributed by atoms with Crippen LogP contribution in [0.4, 0.5) is 0 Å². The van der Waals surface area contributed by atoms with E-state index in [0.717, 1.165) is 57.8 Å². The maximum absolute atomic E-state index is 13.0. The van der Waals surface area contributed by atoms with Crippen molar-refractivity contribution in [2.45, 2.75) is 248 Å². The van der Waals surface area contributed by atoms with Crippen molar-refractivity contribution in [2.75, 3.05) is 33.0 Å². The van der Waals surface area contributed by atoms with Crippen LogP contribution in [0.1, 0.15) is 181 Å². The number of carbonyl (C=O) groups is 1. The van der Waals surface area contributed by atoms with Crippen LogP contribution in [0.15, 0.2) is 24.3 Å². The van der Waals surface area contributed by atoms with E-state index in [1.54, 1.807) is 0 Å². The Labute approximate surface area is 379 Å². The Hall–Kier alpha value is -1.53. The Kier molecular flexibility index (Phi) is 34.3. The molecule has 0 spiro atoms. The van der Waals surface area contributed by atoms with Crippen molar-refractivity contribution in [1.82, 2.24) is 0 Å². The molecule has 0 saturated carbocycles. The molecule has 2 rings (SSSR count). The number of aliphatic hydroxyl groups is 7. The summed E-state index contributed by atoms with van der Waals surface area (Å²) in [6, 6.07) is 0. The lowest BCUT2D eigenvalue weighted by Crippen LogP contribution is -2.61. The lowest BCUT2D eigenvalue weighted by atomic mass is 9.98. The molecule has 14 heteroatoms. The SMILES string of the molecule is CCCC/C=C\CCCCCCCCOCC(COC1OC(COC2OC(CO)C(O)C(O)C2O)C(O)C(O)C1O)OC(=O)CCCCCCCCC/C=C\CCCCCCCC. The molecule has 0 aromatic carbocycles. The van der Waals surface area contributed by atoms with Crippen molar-refractivity contribution in [3.8, 4) is 0 Å². The van der Waals surface area contributed by atoms with Crippen LogP contribution in [0.2, 0.25) is 0 Å². The molecule has 2 fully saturated rings. The fourth-order valence-electron chi connectivity index (χ4n) is 7.79. The van der Waals surface area contributed by atoms with Gasteiger partial charge in [0.2, 0.25) is 0 Å². The molecule has 0 aliphatic carbocycles. The third-order valence-corrected chi connectivity index (χ3v) is 11.9. The molecule has 2 aliphatic rings. The van der Waals surface area contributed by atoms with Gasteiger partial charge in [0, 0.05) is 13.0 Å². The number of hydrogen-bond acceptors (Lipinski definition) is 14. The third kappa shape index (κ3) is 25.8. The number of allylic oxidation sites excluding steroid dienone is 4. The van der Waals surface area contributed by atoms with Gasteiger partial charge in [-0.05, 0) is 57.8 Å². The summed E-state index contributed by atoms with van der Waals surface area (Å²) in [5, 5.41) is 72.0. The first-order valence-electron chi connectivity index (χ1n) is 24.9. The van der Waals surface area contributed by atoms with E-state index in [0.29, 0.717) is 13.0 Å². The number of aliphatic hydroxyl groups excluding tert-OH is 7. The second-order valence-electron chi connectivity index (χ2n) is 17.6. The first kappa shape index (κ1) is 57.6. The zero-order valence-electron chi connectivity index (χ0n) is 39.1. The molecule has 0 aromatic heterocycles. The molecule has 370 valence electrons. The highest BCUT2D eigenvalue weighted by Crippen LogP contribution is 2.26. The number of unbranched alkanes of at least 4 members (excludes halogenated alkanes) is 21. The van der Waals surface area contributed by atoms with Crippen LogP contribution in [0, 0.1) is 0 Å². The molecule has 0 aromatic rings. The van der Waals surface area contributed by atoms with Crippen LogP contribution >= 0.6 is 0 Å². The molecule has 11 unspecified atom stereocenters. The van der Waals surface area contributed by atoms with E-state index < -0.39 is 80.7 Å². The van der Waals surface area contributed by atoms with Gasteiger partial charge in [0.25, 0.3) is 0 Å². The Bertz CT molecular complexity index is 1140. The summed E-state index contributed by atoms with van der Waals surface area (Å²) in [6.45, 7) is 3.63. The van der Waals surface area contributed by atoms with Gasteiger partial charge in [-0.25, -0.2) is 0 Å². The van der Waals surface area contributed by atoms with Crippen molar-refractivity contribution in [3.63, 3.8) is 0 Å². The van der Waals surface area contributed by atoms with Crippen molar-refractivity contribution in [3.05, 3.63) is 24.3 Å². The van der Waals surface area contributed by atoms with Gasteiger partial charge >= 0.3 is 5.97 Å². The zero-order chi connectivity index (χ0) is 45.9. The van der Waals surface area contributed by atoms with Gasteiger partial charge in [-0.3, -0.25) is 4.79 Å². The monoisotopic (exact) mass is 903 g/mol. The van der Waals surface area contributed by atoms with Gasteiger partial charge in [0.1, 0.15) is 54.9 Å². The number of hydrogen-bond donors (Lipinski definition) is 7. The van der Waals surface area contributed by atoms with E-state index in [9.17, 15) is 40.5 Å². The lowest BCUT2D eigenvalue weighted by molar-refractivity contribution is -0.332. The highest BCUT2D eigenvalue weighted by molar-refractivity contribution is 5.69. The minimum atomic E-state index is -1.71. The van der Waals surface area contributed by atoms with Crippen molar-refractivity contribution in [1.29, 1.82) is 0 Å². The standard InChI is InChI=1S/C49H90O14/c1-3-5-7-9-11-13-15-17-18-19-20-21-22-24-26-28-30-32-41(51)61-38(35-58-33-31-29-27-25-23-16-14-12-10-8-6-4-2)36-59-48-47(57)45(55)43(53)40(63-48)37-60-49-46(56)44(54)42(52)39(34-50)62-49/h10,12,17-18,38-40,42-50,52-57H,3-9,11,13-16,19-37H2,1-2H3/b12-10-,18-17-. The average molecular weight is 903 g/mol. The highest BCUT2D eigenvalue weighted by atomic mass is 16.7. The van der Waals surface area contributed by atoms with Crippen molar-refractivity contribution < 1.29 is 69.0 Å². The molecule has 2 aliphatic heterocycles. The minimum absolute atomic E-state index is 0.0575. The largest absolute Gasteiger partial charge is 0.457 e. The number of carbonyl (C=O) groups excluding carboxylic acids is 1. The minimum Gasteiger partial charge on any atom is -0.457 e. The van der Waals surface area contributed by atoms with E-state index >= 15 is 0 Å². The van der Waals surface area contributed by atoms with Crippen LogP contribution in [0.3, 0.4) is 0 Å². The normalized spacial score (nSPS) is 27.1. The topological polar surface area (TPSA) is 214 Å². The first-order valence-corrected chi connectivity index (χ1v) is 24.9. The first-order chi connectivity index (χ1) is 30.6. The second-order valence-corrected chi connectivity index (χ2v) is 17.6. The Morgan fingerprint density at radius 3 is 1.49 bits per heavy atom. The molecule has 0 radical (unpaired) electrons. The molecular weight excluding hydrogens is 813 g/mol. The van der Waals surface area contributed by atoms with Crippen LogP contribution < -0.4 is 0 Å². The number of esters is 1. The Morgan fingerprint density at radius 1 is 0.508 bits per heavy atom. The average Bonchev–Trinajstić information content (AvgIpc) is 3.28. The Balaban J connectivity index is 1.78. The van der Waals surface area contributed by atoms with E-state index in [-0.39, 0.29) is 25.6 Å². The van der Waals surface area contributed by atoms with Crippen LogP contribution in [0.5, 0.6) is 0 Å². The fourth-order valence-corrected chi connectivity index (χ4v) is 7.79. The molecular formula is C49H90O14. The van der Waals surface area contributed by atoms with Gasteiger partial charge < -0.3 is 64.2 Å². The van der Waals surface area contributed by atoms with E-state index in [4.69, 9.17) is 28.4 Å². The van der Waals surface area contributed by atoms with Crippen LogP contribution in [0.25, 0.3) is 0 Å².